The fourth-order valence-electron chi connectivity index (χ4n) is 8.54. The Morgan fingerprint density at radius 1 is 0.569 bits per heavy atom. The molecular weight excluding hydrogens is 909 g/mol. The van der Waals surface area contributed by atoms with E-state index in [4.69, 9.17) is 0 Å². The third kappa shape index (κ3) is 14.8. The summed E-state index contributed by atoms with van der Waals surface area (Å²) in [5, 5.41) is 27.2. The molecule has 0 unspecified atom stereocenters. The number of fused-ring (bicyclic) bond motifs is 18. The van der Waals surface area contributed by atoms with Gasteiger partial charge in [0.25, 0.3) is 0 Å². The topological polar surface area (TPSA) is 212 Å². The van der Waals surface area contributed by atoms with E-state index in [1.54, 1.807) is 92.7 Å². The highest BCUT2D eigenvalue weighted by Gasteiger charge is 2.36. The first-order valence-corrected chi connectivity index (χ1v) is 24.1. The number of aryl methyl sites for hydroxylation is 1. The summed E-state index contributed by atoms with van der Waals surface area (Å²) in [6.45, 7) is 3.22. The van der Waals surface area contributed by atoms with Crippen LogP contribution in [0.25, 0.3) is 11.1 Å². The second-order valence-corrected chi connectivity index (χ2v) is 18.8. The lowest BCUT2D eigenvalue weighted by atomic mass is 9.87. The summed E-state index contributed by atoms with van der Waals surface area (Å²) in [5.74, 6) is -5.20. The molecule has 0 fully saturated rings. The van der Waals surface area contributed by atoms with E-state index >= 15 is 0 Å². The first kappa shape index (κ1) is 51.5. The maximum Gasteiger partial charge on any atom is 0.326 e. The first-order chi connectivity index (χ1) is 34.7. The zero-order valence-electron chi connectivity index (χ0n) is 40.3. The molecule has 2 aliphatic heterocycles. The largest absolute Gasteiger partial charge is 0.480 e. The summed E-state index contributed by atoms with van der Waals surface area (Å²) in [7, 11) is 0. The zero-order chi connectivity index (χ0) is 51.0. The van der Waals surface area contributed by atoms with E-state index in [1.165, 1.54) is 0 Å². The number of anilines is 1. The van der Waals surface area contributed by atoms with Crippen molar-refractivity contribution in [3.63, 3.8) is 0 Å². The fraction of sp³-hybridized carbons (Fsp3) is 0.259. The second-order valence-electron chi connectivity index (χ2n) is 18.8. The number of aliphatic carboxylic acids is 1. The number of carboxylic acid groups (broad SMARTS) is 1. The summed E-state index contributed by atoms with van der Waals surface area (Å²) < 4.78 is 0. The van der Waals surface area contributed by atoms with Crippen molar-refractivity contribution in [1.82, 2.24) is 26.6 Å². The average molecular weight is 969 g/mol. The molecule has 370 valence electrons. The van der Waals surface area contributed by atoms with E-state index in [-0.39, 0.29) is 38.5 Å². The lowest BCUT2D eigenvalue weighted by Crippen LogP contribution is -2.60. The average Bonchev–Trinajstić information content (AvgIpc) is 3.38. The van der Waals surface area contributed by atoms with Crippen LogP contribution in [0.15, 0.2) is 170 Å². The standard InChI is InChI=1S/C58H60N6O8/c1-58(2)37-51(65)59-45-30-25-42(26-31-45)35-49(55(69)63-50(56(70)71)36-40-19-11-5-12-20-40)62-53(67)47(33-39-17-9-4-10-18-39)61-54(68)48(34-41-23-28-44(29-24-41)43-21-13-6-14-22-43)60-52(66)46(64-57(58)72)32-27-38-15-7-3-8-16-38/h3-26,28-31,46-50H,27,32-37H2,1-2H3,(H,59,65)(H,60,66)(H,61,68)(H,62,67)(H,63,69)(H,64,72)(H,70,71)/t46-,47-,48+,49+,50-/m0/s1. The van der Waals surface area contributed by atoms with Crippen molar-refractivity contribution < 1.29 is 38.7 Å². The molecular formula is C58H60N6O8. The molecule has 0 spiro atoms. The predicted octanol–water partition coefficient (Wildman–Crippen LogP) is 6.13. The van der Waals surface area contributed by atoms with E-state index in [0.29, 0.717) is 34.4 Å². The summed E-state index contributed by atoms with van der Waals surface area (Å²) in [4.78, 5) is 98.9. The summed E-state index contributed by atoms with van der Waals surface area (Å²) in [6.07, 6.45) is 0.110. The third-order valence-electron chi connectivity index (χ3n) is 12.7. The predicted molar refractivity (Wildman–Crippen MR) is 275 cm³/mol. The van der Waals surface area contributed by atoms with Crippen LogP contribution in [-0.2, 0) is 65.7 Å². The highest BCUT2D eigenvalue weighted by molar-refractivity contribution is 5.98. The SMILES string of the molecule is CC1(C)CC(=O)Nc2ccc(cc2)C[C@H](C(=O)N[C@@H](Cc2ccccc2)C(=O)O)NC(=O)[C@H](Cc2ccccc2)NC(=O)[C@@H](Cc2ccc(-c3ccccc3)cc2)NC(=O)[C@H](CCc2ccccc2)NC1=O. The lowest BCUT2D eigenvalue weighted by molar-refractivity contribution is -0.142. The lowest BCUT2D eigenvalue weighted by Gasteiger charge is -2.29. The van der Waals surface area contributed by atoms with Gasteiger partial charge >= 0.3 is 5.97 Å². The van der Waals surface area contributed by atoms with Crippen molar-refractivity contribution in [1.29, 1.82) is 0 Å². The van der Waals surface area contributed by atoms with E-state index in [0.717, 1.165) is 16.7 Å². The summed E-state index contributed by atoms with van der Waals surface area (Å²) >= 11 is 0. The number of benzene rings is 6. The molecule has 0 saturated carbocycles. The number of amides is 6. The van der Waals surface area contributed by atoms with Gasteiger partial charge in [0.1, 0.15) is 30.2 Å². The van der Waals surface area contributed by atoms with E-state index in [2.05, 4.69) is 31.9 Å². The summed E-state index contributed by atoms with van der Waals surface area (Å²) in [5.41, 5.74) is 4.53. The van der Waals surface area contributed by atoms with Gasteiger partial charge in [-0.05, 0) is 63.9 Å². The van der Waals surface area contributed by atoms with Crippen LogP contribution in [-0.4, -0.2) is 76.7 Å². The van der Waals surface area contributed by atoms with E-state index < -0.39 is 77.0 Å². The van der Waals surface area contributed by atoms with Gasteiger partial charge in [0.05, 0.1) is 5.41 Å². The van der Waals surface area contributed by atoms with Gasteiger partial charge < -0.3 is 37.0 Å². The quantitative estimate of drug-likeness (QED) is 0.0668. The monoisotopic (exact) mass is 968 g/mol. The smallest absolute Gasteiger partial charge is 0.326 e. The zero-order valence-corrected chi connectivity index (χ0v) is 40.3. The Morgan fingerprint density at radius 3 is 1.62 bits per heavy atom. The number of carbonyl (C=O) groups excluding carboxylic acids is 6. The third-order valence-corrected chi connectivity index (χ3v) is 12.7. The Bertz CT molecular complexity index is 2810. The minimum Gasteiger partial charge on any atom is -0.480 e. The summed E-state index contributed by atoms with van der Waals surface area (Å²) in [6, 6.07) is 44.6. The van der Waals surface area contributed by atoms with Gasteiger partial charge in [0.2, 0.25) is 35.4 Å². The molecule has 2 aliphatic rings. The Balaban J connectivity index is 1.26. The molecule has 6 amide bonds. The second kappa shape index (κ2) is 24.4. The molecule has 2 heterocycles. The number of carbonyl (C=O) groups is 7. The number of nitrogens with one attached hydrogen (secondary N) is 6. The van der Waals surface area contributed by atoms with Crippen molar-refractivity contribution in [2.75, 3.05) is 5.32 Å². The molecule has 0 saturated heterocycles. The first-order valence-electron chi connectivity index (χ1n) is 24.1. The maximum absolute atomic E-state index is 14.9. The molecule has 2 bridgehead atoms. The molecule has 0 aliphatic carbocycles. The van der Waals surface area contributed by atoms with Crippen molar-refractivity contribution in [2.45, 2.75) is 89.0 Å². The van der Waals surface area contributed by atoms with Crippen LogP contribution >= 0.6 is 0 Å². The minimum absolute atomic E-state index is 0.0177. The van der Waals surface area contributed by atoms with E-state index in [9.17, 15) is 38.7 Å². The van der Waals surface area contributed by atoms with Crippen LogP contribution in [0.3, 0.4) is 0 Å². The van der Waals surface area contributed by atoms with Crippen LogP contribution in [0.5, 0.6) is 0 Å². The van der Waals surface area contributed by atoms with Crippen LogP contribution in [0, 0.1) is 5.41 Å². The van der Waals surface area contributed by atoms with Crippen LogP contribution in [0.2, 0.25) is 0 Å². The highest BCUT2D eigenvalue weighted by atomic mass is 16.4. The Morgan fingerprint density at radius 2 is 1.06 bits per heavy atom. The maximum atomic E-state index is 14.9. The van der Waals surface area contributed by atoms with Gasteiger partial charge in [-0.2, -0.15) is 0 Å². The van der Waals surface area contributed by atoms with Crippen molar-refractivity contribution in [3.05, 3.63) is 198 Å². The van der Waals surface area contributed by atoms with Crippen LogP contribution in [0.4, 0.5) is 5.69 Å². The molecule has 0 aromatic heterocycles. The van der Waals surface area contributed by atoms with Gasteiger partial charge in [-0.1, -0.05) is 172 Å². The molecule has 5 atom stereocenters. The van der Waals surface area contributed by atoms with Gasteiger partial charge in [-0.3, -0.25) is 28.8 Å². The molecule has 6 aromatic carbocycles. The fourth-order valence-corrected chi connectivity index (χ4v) is 8.54. The molecule has 14 heteroatoms. The minimum atomic E-state index is -1.35. The Hall–Kier alpha value is -8.39. The van der Waals surface area contributed by atoms with Gasteiger partial charge in [0, 0.05) is 37.8 Å². The van der Waals surface area contributed by atoms with Gasteiger partial charge in [0.15, 0.2) is 0 Å². The molecule has 6 aromatic rings. The van der Waals surface area contributed by atoms with Crippen LogP contribution < -0.4 is 31.9 Å². The van der Waals surface area contributed by atoms with Gasteiger partial charge in [-0.25, -0.2) is 4.79 Å². The Labute approximate surface area is 419 Å². The van der Waals surface area contributed by atoms with Crippen molar-refractivity contribution >= 4 is 47.1 Å². The number of carboxylic acids is 1. The van der Waals surface area contributed by atoms with Gasteiger partial charge in [-0.15, -0.1) is 0 Å². The van der Waals surface area contributed by atoms with Crippen molar-refractivity contribution in [3.8, 4) is 11.1 Å². The normalized spacial score (nSPS) is 19.2. The molecule has 72 heavy (non-hydrogen) atoms. The highest BCUT2D eigenvalue weighted by Crippen LogP contribution is 2.24. The van der Waals surface area contributed by atoms with E-state index in [1.807, 2.05) is 91.0 Å². The Kier molecular flexibility index (Phi) is 17.5. The number of hydrogen-bond acceptors (Lipinski definition) is 7. The molecule has 7 N–H and O–H groups in total. The number of rotatable bonds is 13. The molecule has 14 nitrogen and oxygen atoms in total. The molecule has 8 rings (SSSR count). The molecule has 0 radical (unpaired) electrons. The van der Waals surface area contributed by atoms with Crippen LogP contribution in [0.1, 0.15) is 54.5 Å². The van der Waals surface area contributed by atoms with Crippen molar-refractivity contribution in [2.24, 2.45) is 5.41 Å². The number of hydrogen-bond donors (Lipinski definition) is 7.